The van der Waals surface area contributed by atoms with Crippen molar-refractivity contribution < 1.29 is 27.9 Å². The van der Waals surface area contributed by atoms with E-state index in [4.69, 9.17) is 16.3 Å². The number of carbonyl (C=O) groups is 3. The summed E-state index contributed by atoms with van der Waals surface area (Å²) in [6, 6.07) is 7.03. The van der Waals surface area contributed by atoms with Gasteiger partial charge in [-0.2, -0.15) is 4.39 Å². The second kappa shape index (κ2) is 11.2. The molecule has 5 rings (SSSR count). The predicted octanol–water partition coefficient (Wildman–Crippen LogP) is 2.93. The molecule has 3 heterocycles. The number of rotatable bonds is 6. The molecule has 2 aliphatic rings. The van der Waals surface area contributed by atoms with Gasteiger partial charge in [-0.05, 0) is 43.3 Å². The Morgan fingerprint density at radius 3 is 2.40 bits per heavy atom. The summed E-state index contributed by atoms with van der Waals surface area (Å²) in [7, 11) is 2.74. The maximum atomic E-state index is 14.6. The molecule has 2 aromatic carbocycles. The molecule has 0 saturated carbocycles. The third-order valence-electron chi connectivity index (χ3n) is 7.19. The van der Waals surface area contributed by atoms with Crippen molar-refractivity contribution in [2.45, 2.75) is 12.5 Å². The van der Waals surface area contributed by atoms with Crippen molar-refractivity contribution in [1.82, 2.24) is 24.7 Å². The zero-order chi connectivity index (χ0) is 28.6. The van der Waals surface area contributed by atoms with Crippen molar-refractivity contribution in [1.29, 1.82) is 0 Å². The number of hydrogen-bond acceptors (Lipinski definition) is 6. The maximum absolute atomic E-state index is 14.6. The van der Waals surface area contributed by atoms with E-state index in [2.05, 4.69) is 15.6 Å². The average molecular weight is 573 g/mol. The number of hydrogen-bond donors (Lipinski definition) is 2. The molecule has 2 fully saturated rings. The number of carbonyl (C=O) groups excluding carboxylic acids is 3. The van der Waals surface area contributed by atoms with Crippen LogP contribution in [0.4, 0.5) is 14.5 Å². The van der Waals surface area contributed by atoms with E-state index in [1.54, 1.807) is 15.9 Å². The number of methoxy groups -OCH3 is 1. The van der Waals surface area contributed by atoms with E-state index in [1.165, 1.54) is 49.2 Å². The number of piperazine rings is 1. The van der Waals surface area contributed by atoms with Crippen molar-refractivity contribution in [3.8, 4) is 17.0 Å². The van der Waals surface area contributed by atoms with Gasteiger partial charge in [-0.25, -0.2) is 9.37 Å². The summed E-state index contributed by atoms with van der Waals surface area (Å²) >= 11 is 6.41. The monoisotopic (exact) mass is 572 g/mol. The number of anilines is 1. The zero-order valence-electron chi connectivity index (χ0n) is 21.8. The van der Waals surface area contributed by atoms with Crippen molar-refractivity contribution in [3.63, 3.8) is 0 Å². The Morgan fingerprint density at radius 2 is 1.77 bits per heavy atom. The fraction of sp³-hybridized carbons (Fsp3) is 0.333. The van der Waals surface area contributed by atoms with E-state index in [0.717, 1.165) is 13.0 Å². The molecule has 2 saturated heterocycles. The molecule has 3 aromatic rings. The van der Waals surface area contributed by atoms with Crippen molar-refractivity contribution >= 4 is 35.0 Å². The van der Waals surface area contributed by atoms with Gasteiger partial charge < -0.3 is 29.7 Å². The number of ether oxygens (including phenoxy) is 1. The molecule has 0 spiro atoms. The molecule has 1 aromatic heterocycles. The van der Waals surface area contributed by atoms with Crippen LogP contribution in [-0.2, 0) is 11.8 Å². The predicted molar refractivity (Wildman–Crippen MR) is 143 cm³/mol. The third kappa shape index (κ3) is 5.11. The first kappa shape index (κ1) is 27.5. The highest BCUT2D eigenvalue weighted by Gasteiger charge is 2.32. The van der Waals surface area contributed by atoms with Crippen LogP contribution in [0.5, 0.6) is 5.75 Å². The minimum Gasteiger partial charge on any atom is -0.494 e. The van der Waals surface area contributed by atoms with Crippen LogP contribution in [0.2, 0.25) is 5.02 Å². The minimum atomic E-state index is -1.14. The van der Waals surface area contributed by atoms with Gasteiger partial charge in [0.2, 0.25) is 11.7 Å². The fourth-order valence-electron chi connectivity index (χ4n) is 4.73. The highest BCUT2D eigenvalue weighted by atomic mass is 35.5. The quantitative estimate of drug-likeness (QED) is 0.470. The Bertz CT molecular complexity index is 1480. The number of nitrogens with zero attached hydrogens (tertiary/aromatic N) is 4. The molecular formula is C27H27ClF2N6O4. The molecule has 0 aliphatic carbocycles. The molecule has 40 heavy (non-hydrogen) atoms. The summed E-state index contributed by atoms with van der Waals surface area (Å²) in [5, 5.41) is 5.92. The second-order valence-corrected chi connectivity index (χ2v) is 9.94. The molecule has 10 nitrogen and oxygen atoms in total. The summed E-state index contributed by atoms with van der Waals surface area (Å²) in [6.07, 6.45) is 2.10. The van der Waals surface area contributed by atoms with E-state index in [9.17, 15) is 23.2 Å². The van der Waals surface area contributed by atoms with Crippen molar-refractivity contribution in [2.24, 2.45) is 7.05 Å². The Hall–Kier alpha value is -4.03. The van der Waals surface area contributed by atoms with Crippen LogP contribution < -0.4 is 15.4 Å². The summed E-state index contributed by atoms with van der Waals surface area (Å²) in [6.45, 7) is 2.54. The van der Waals surface area contributed by atoms with E-state index >= 15 is 0 Å². The second-order valence-electron chi connectivity index (χ2n) is 9.53. The smallest absolute Gasteiger partial charge is 0.291 e. The van der Waals surface area contributed by atoms with Crippen LogP contribution in [0.15, 0.2) is 36.5 Å². The molecule has 3 amide bonds. The van der Waals surface area contributed by atoms with Crippen LogP contribution in [0.1, 0.15) is 27.4 Å². The minimum absolute atomic E-state index is 0.0496. The van der Waals surface area contributed by atoms with Gasteiger partial charge >= 0.3 is 0 Å². The first-order valence-corrected chi connectivity index (χ1v) is 13.0. The number of nitrogens with one attached hydrogen (secondary N) is 2. The Labute approximate surface area is 233 Å². The van der Waals surface area contributed by atoms with Crippen LogP contribution in [0.3, 0.4) is 0 Å². The van der Waals surface area contributed by atoms with E-state index in [1.807, 2.05) is 0 Å². The van der Waals surface area contributed by atoms with Gasteiger partial charge in [-0.1, -0.05) is 11.6 Å². The lowest BCUT2D eigenvalue weighted by molar-refractivity contribution is -0.136. The third-order valence-corrected chi connectivity index (χ3v) is 7.50. The molecule has 0 radical (unpaired) electrons. The number of imidazole rings is 1. The highest BCUT2D eigenvalue weighted by molar-refractivity contribution is 6.34. The van der Waals surface area contributed by atoms with Gasteiger partial charge in [0.25, 0.3) is 11.8 Å². The van der Waals surface area contributed by atoms with Crippen LogP contribution in [0, 0.1) is 11.6 Å². The first-order chi connectivity index (χ1) is 19.2. The molecule has 210 valence electrons. The molecule has 13 heteroatoms. The normalized spacial score (nSPS) is 16.9. The topological polar surface area (TPSA) is 109 Å². The molecule has 1 unspecified atom stereocenters. The van der Waals surface area contributed by atoms with E-state index in [-0.39, 0.29) is 51.3 Å². The maximum Gasteiger partial charge on any atom is 0.291 e. The molecule has 2 N–H and O–H groups in total. The van der Waals surface area contributed by atoms with Gasteiger partial charge in [0, 0.05) is 44.5 Å². The lowest BCUT2D eigenvalue weighted by Gasteiger charge is -2.38. The molecule has 1 atom stereocenters. The summed E-state index contributed by atoms with van der Waals surface area (Å²) in [4.78, 5) is 45.9. The molecular weight excluding hydrogens is 546 g/mol. The summed E-state index contributed by atoms with van der Waals surface area (Å²) in [5.41, 5.74) is 0.703. The van der Waals surface area contributed by atoms with Gasteiger partial charge in [0.05, 0.1) is 35.6 Å². The Morgan fingerprint density at radius 1 is 1.07 bits per heavy atom. The number of aromatic nitrogens is 2. The lowest BCUT2D eigenvalue weighted by Crippen LogP contribution is -2.58. The van der Waals surface area contributed by atoms with Crippen molar-refractivity contribution in [2.75, 3.05) is 45.2 Å². The van der Waals surface area contributed by atoms with E-state index < -0.39 is 17.5 Å². The molecule has 0 bridgehead atoms. The highest BCUT2D eigenvalue weighted by Crippen LogP contribution is 2.30. The standard InChI is InChI=1S/C27H27ClF2N6O4/c1-34-20(17-5-6-21(40-2)23(30)22(17)29)14-32-24(34)25(37)33-15-3-4-16(18(28)13-15)26(38)35-9-11-36(12-10-35)27(39)19-7-8-31-19/h3-6,13-14,19,31H,7-12H2,1-2H3,(H,33,37). The van der Waals surface area contributed by atoms with Gasteiger partial charge in [0.15, 0.2) is 17.4 Å². The first-order valence-electron chi connectivity index (χ1n) is 12.7. The van der Waals surface area contributed by atoms with Gasteiger partial charge in [-0.3, -0.25) is 14.4 Å². The van der Waals surface area contributed by atoms with Gasteiger partial charge in [-0.15, -0.1) is 0 Å². The average Bonchev–Trinajstić information content (AvgIpc) is 3.30. The van der Waals surface area contributed by atoms with Crippen molar-refractivity contribution in [3.05, 3.63) is 64.6 Å². The Kier molecular flexibility index (Phi) is 7.72. The summed E-state index contributed by atoms with van der Waals surface area (Å²) < 4.78 is 34.9. The fourth-order valence-corrected chi connectivity index (χ4v) is 4.99. The SMILES string of the molecule is COc1ccc(-c2cnc(C(=O)Nc3ccc(C(=O)N4CCN(C(=O)C5CCN5)CC4)c(Cl)c3)n2C)c(F)c1F. The van der Waals surface area contributed by atoms with Crippen LogP contribution >= 0.6 is 11.6 Å². The van der Waals surface area contributed by atoms with Crippen LogP contribution in [-0.4, -0.2) is 82.9 Å². The number of benzene rings is 2. The number of amides is 3. The lowest BCUT2D eigenvalue weighted by atomic mass is 10.1. The van der Waals surface area contributed by atoms with E-state index in [0.29, 0.717) is 31.9 Å². The Balaban J connectivity index is 1.24. The van der Waals surface area contributed by atoms with Gasteiger partial charge in [0.1, 0.15) is 0 Å². The summed E-state index contributed by atoms with van der Waals surface area (Å²) in [5.74, 6) is -3.36. The number of halogens is 3. The molecule has 2 aliphatic heterocycles. The van der Waals surface area contributed by atoms with Crippen LogP contribution in [0.25, 0.3) is 11.3 Å². The zero-order valence-corrected chi connectivity index (χ0v) is 22.6. The largest absolute Gasteiger partial charge is 0.494 e.